The number of benzene rings is 3. The molecule has 0 aliphatic carbocycles. The second kappa shape index (κ2) is 8.42. The molecule has 1 aliphatic rings. The molecular formula is C23H23N3O4. The Morgan fingerprint density at radius 2 is 1.73 bits per heavy atom. The van der Waals surface area contributed by atoms with E-state index in [0.29, 0.717) is 23.7 Å². The summed E-state index contributed by atoms with van der Waals surface area (Å²) in [5, 5.41) is 7.60. The third-order valence-electron chi connectivity index (χ3n) is 5.10. The Balaban J connectivity index is 1.43. The molecule has 0 saturated heterocycles. The van der Waals surface area contributed by atoms with Crippen LogP contribution in [0.5, 0.6) is 11.5 Å². The van der Waals surface area contributed by atoms with Crippen LogP contribution in [-0.2, 0) is 9.59 Å². The van der Waals surface area contributed by atoms with Gasteiger partial charge in [-0.15, -0.1) is 0 Å². The lowest BCUT2D eigenvalue weighted by atomic mass is 9.98. The van der Waals surface area contributed by atoms with Gasteiger partial charge in [-0.3, -0.25) is 9.59 Å². The van der Waals surface area contributed by atoms with E-state index < -0.39 is 11.8 Å². The number of carbonyl (C=O) groups is 2. The molecule has 3 aromatic rings. The van der Waals surface area contributed by atoms with Crippen LogP contribution in [0.1, 0.15) is 11.6 Å². The zero-order valence-corrected chi connectivity index (χ0v) is 16.8. The molecular weight excluding hydrogens is 382 g/mol. The van der Waals surface area contributed by atoms with Gasteiger partial charge in [0, 0.05) is 18.3 Å². The molecule has 4 rings (SSSR count). The summed E-state index contributed by atoms with van der Waals surface area (Å²) in [6, 6.07) is 19.1. The fourth-order valence-electron chi connectivity index (χ4n) is 3.54. The molecule has 1 aliphatic heterocycles. The van der Waals surface area contributed by atoms with Gasteiger partial charge in [-0.25, -0.2) is 0 Å². The van der Waals surface area contributed by atoms with Crippen LogP contribution in [0.15, 0.2) is 60.7 Å². The van der Waals surface area contributed by atoms with E-state index in [1.165, 1.54) is 0 Å². The second-order valence-electron chi connectivity index (χ2n) is 7.28. The van der Waals surface area contributed by atoms with E-state index in [2.05, 4.69) is 28.8 Å². The first-order valence-electron chi connectivity index (χ1n) is 9.66. The number of likely N-dealkylation sites (N-methyl/N-ethyl adjacent to an activating group) is 1. The van der Waals surface area contributed by atoms with Gasteiger partial charge in [0.2, 0.25) is 6.79 Å². The predicted octanol–water partition coefficient (Wildman–Crippen LogP) is 2.93. The minimum atomic E-state index is -0.732. The number of hydrogen-bond donors (Lipinski definition) is 2. The van der Waals surface area contributed by atoms with Gasteiger partial charge in [0.1, 0.15) is 0 Å². The molecule has 0 bridgehead atoms. The van der Waals surface area contributed by atoms with Gasteiger partial charge >= 0.3 is 11.8 Å². The highest BCUT2D eigenvalue weighted by Gasteiger charge is 2.21. The van der Waals surface area contributed by atoms with Gasteiger partial charge in [-0.2, -0.15) is 0 Å². The van der Waals surface area contributed by atoms with Crippen LogP contribution >= 0.6 is 0 Å². The first-order chi connectivity index (χ1) is 14.5. The number of carbonyl (C=O) groups excluding carboxylic acids is 2. The topological polar surface area (TPSA) is 79.9 Å². The third-order valence-corrected chi connectivity index (χ3v) is 5.10. The lowest BCUT2D eigenvalue weighted by Gasteiger charge is -2.26. The lowest BCUT2D eigenvalue weighted by molar-refractivity contribution is -0.136. The van der Waals surface area contributed by atoms with Crippen molar-refractivity contribution in [2.45, 2.75) is 6.04 Å². The van der Waals surface area contributed by atoms with Gasteiger partial charge in [0.15, 0.2) is 11.5 Å². The van der Waals surface area contributed by atoms with Crippen molar-refractivity contribution in [3.63, 3.8) is 0 Å². The summed E-state index contributed by atoms with van der Waals surface area (Å²) in [6.07, 6.45) is 0. The smallest absolute Gasteiger partial charge is 0.313 e. The molecule has 0 radical (unpaired) electrons. The Hall–Kier alpha value is -3.58. The number of nitrogens with one attached hydrogen (secondary N) is 2. The van der Waals surface area contributed by atoms with Crippen molar-refractivity contribution in [1.82, 2.24) is 10.2 Å². The van der Waals surface area contributed by atoms with Crippen LogP contribution < -0.4 is 20.1 Å². The molecule has 0 aromatic heterocycles. The minimum Gasteiger partial charge on any atom is -0.454 e. The third kappa shape index (κ3) is 4.06. The highest BCUT2D eigenvalue weighted by molar-refractivity contribution is 6.39. The summed E-state index contributed by atoms with van der Waals surface area (Å²) >= 11 is 0. The standard InChI is InChI=1S/C23H23N3O4/c1-26(2)19(18-9-5-7-15-6-3-4-8-17(15)18)13-24-22(27)23(28)25-16-10-11-20-21(12-16)30-14-29-20/h3-12,19H,13-14H2,1-2H3,(H,24,27)(H,25,28)/t19-/m1/s1. The van der Waals surface area contributed by atoms with Gasteiger partial charge in [-0.05, 0) is 42.6 Å². The van der Waals surface area contributed by atoms with Crippen molar-refractivity contribution >= 4 is 28.3 Å². The van der Waals surface area contributed by atoms with E-state index in [9.17, 15) is 9.59 Å². The Bertz CT molecular complexity index is 1090. The maximum atomic E-state index is 12.4. The van der Waals surface area contributed by atoms with Crippen molar-refractivity contribution in [3.8, 4) is 11.5 Å². The normalized spacial score (nSPS) is 13.3. The largest absolute Gasteiger partial charge is 0.454 e. The van der Waals surface area contributed by atoms with Crippen molar-refractivity contribution in [2.24, 2.45) is 0 Å². The molecule has 154 valence electrons. The fraction of sp³-hybridized carbons (Fsp3) is 0.217. The number of anilines is 1. The highest BCUT2D eigenvalue weighted by atomic mass is 16.7. The fourth-order valence-corrected chi connectivity index (χ4v) is 3.54. The molecule has 1 heterocycles. The molecule has 7 nitrogen and oxygen atoms in total. The number of rotatable bonds is 5. The van der Waals surface area contributed by atoms with Gasteiger partial charge < -0.3 is 25.0 Å². The molecule has 1 atom stereocenters. The average Bonchev–Trinajstić information content (AvgIpc) is 3.21. The van der Waals surface area contributed by atoms with Gasteiger partial charge in [0.25, 0.3) is 0 Å². The Labute approximate surface area is 174 Å². The summed E-state index contributed by atoms with van der Waals surface area (Å²) < 4.78 is 10.5. The van der Waals surface area contributed by atoms with Crippen LogP contribution in [0, 0.1) is 0 Å². The average molecular weight is 405 g/mol. The van der Waals surface area contributed by atoms with Crippen LogP contribution in [-0.4, -0.2) is 44.1 Å². The van der Waals surface area contributed by atoms with E-state index in [0.717, 1.165) is 16.3 Å². The Morgan fingerprint density at radius 3 is 2.57 bits per heavy atom. The van der Waals surface area contributed by atoms with Crippen molar-refractivity contribution in [1.29, 1.82) is 0 Å². The second-order valence-corrected chi connectivity index (χ2v) is 7.28. The quantitative estimate of drug-likeness (QED) is 0.638. The summed E-state index contributed by atoms with van der Waals surface area (Å²) in [5.74, 6) is -0.276. The molecule has 2 amide bonds. The van der Waals surface area contributed by atoms with Crippen molar-refractivity contribution < 1.29 is 19.1 Å². The van der Waals surface area contributed by atoms with Gasteiger partial charge in [-0.1, -0.05) is 42.5 Å². The number of ether oxygens (including phenoxy) is 2. The summed E-state index contributed by atoms with van der Waals surface area (Å²) in [7, 11) is 3.90. The van der Waals surface area contributed by atoms with Crippen LogP contribution in [0.4, 0.5) is 5.69 Å². The van der Waals surface area contributed by atoms with Crippen LogP contribution in [0.3, 0.4) is 0 Å². The van der Waals surface area contributed by atoms with Crippen molar-refractivity contribution in [3.05, 3.63) is 66.2 Å². The number of nitrogens with zero attached hydrogens (tertiary/aromatic N) is 1. The van der Waals surface area contributed by atoms with E-state index >= 15 is 0 Å². The molecule has 0 saturated carbocycles. The maximum absolute atomic E-state index is 12.4. The molecule has 0 fully saturated rings. The van der Waals surface area contributed by atoms with Crippen LogP contribution in [0.25, 0.3) is 10.8 Å². The summed E-state index contributed by atoms with van der Waals surface area (Å²) in [4.78, 5) is 26.8. The van der Waals surface area contributed by atoms with E-state index in [1.54, 1.807) is 18.2 Å². The highest BCUT2D eigenvalue weighted by Crippen LogP contribution is 2.34. The molecule has 2 N–H and O–H groups in total. The lowest BCUT2D eigenvalue weighted by Crippen LogP contribution is -2.40. The summed E-state index contributed by atoms with van der Waals surface area (Å²) in [6.45, 7) is 0.446. The Kier molecular flexibility index (Phi) is 5.54. The first-order valence-corrected chi connectivity index (χ1v) is 9.66. The van der Waals surface area contributed by atoms with E-state index in [1.807, 2.05) is 43.3 Å². The molecule has 30 heavy (non-hydrogen) atoms. The summed E-state index contributed by atoms with van der Waals surface area (Å²) in [5.41, 5.74) is 1.56. The first kappa shape index (κ1) is 19.7. The van der Waals surface area contributed by atoms with E-state index in [-0.39, 0.29) is 12.8 Å². The number of amides is 2. The monoisotopic (exact) mass is 405 g/mol. The van der Waals surface area contributed by atoms with Gasteiger partial charge in [0.05, 0.1) is 6.04 Å². The molecule has 0 unspecified atom stereocenters. The zero-order chi connectivity index (χ0) is 21.1. The molecule has 7 heteroatoms. The minimum absolute atomic E-state index is 0.0848. The predicted molar refractivity (Wildman–Crippen MR) is 115 cm³/mol. The van der Waals surface area contributed by atoms with Crippen LogP contribution in [0.2, 0.25) is 0 Å². The maximum Gasteiger partial charge on any atom is 0.313 e. The molecule has 0 spiro atoms. The van der Waals surface area contributed by atoms with Crippen molar-refractivity contribution in [2.75, 3.05) is 32.7 Å². The van der Waals surface area contributed by atoms with E-state index in [4.69, 9.17) is 9.47 Å². The zero-order valence-electron chi connectivity index (χ0n) is 16.8. The Morgan fingerprint density at radius 1 is 0.967 bits per heavy atom. The molecule has 3 aromatic carbocycles. The SMILES string of the molecule is CN(C)[C@H](CNC(=O)C(=O)Nc1ccc2c(c1)OCO2)c1cccc2ccccc12. The number of hydrogen-bond acceptors (Lipinski definition) is 5. The number of fused-ring (bicyclic) bond motifs is 2.